The van der Waals surface area contributed by atoms with E-state index in [-0.39, 0.29) is 35.4 Å². The minimum absolute atomic E-state index is 0.0750. The van der Waals surface area contributed by atoms with Gasteiger partial charge in [-0.25, -0.2) is 4.39 Å². The number of aromatic nitrogens is 1. The van der Waals surface area contributed by atoms with E-state index < -0.39 is 30.2 Å². The monoisotopic (exact) mass is 587 g/mol. The fourth-order valence-corrected chi connectivity index (χ4v) is 5.37. The van der Waals surface area contributed by atoms with Crippen molar-refractivity contribution in [2.45, 2.75) is 51.2 Å². The molecule has 3 unspecified atom stereocenters. The fraction of sp³-hybridized carbons (Fsp3) is 0.344. The van der Waals surface area contributed by atoms with Crippen LogP contribution in [0.1, 0.15) is 65.4 Å². The Morgan fingerprint density at radius 2 is 1.74 bits per heavy atom. The predicted molar refractivity (Wildman–Crippen MR) is 158 cm³/mol. The summed E-state index contributed by atoms with van der Waals surface area (Å²) in [4.78, 5) is 59.0. The third-order valence-corrected chi connectivity index (χ3v) is 7.89. The van der Waals surface area contributed by atoms with Crippen molar-refractivity contribution in [3.63, 3.8) is 0 Å². The van der Waals surface area contributed by atoms with Crippen LogP contribution in [-0.4, -0.2) is 63.9 Å². The number of pyridine rings is 1. The Kier molecular flexibility index (Phi) is 8.70. The van der Waals surface area contributed by atoms with Gasteiger partial charge < -0.3 is 25.5 Å². The first-order chi connectivity index (χ1) is 20.6. The van der Waals surface area contributed by atoms with Crippen molar-refractivity contribution in [3.8, 4) is 0 Å². The van der Waals surface area contributed by atoms with Crippen molar-refractivity contribution in [2.24, 2.45) is 5.92 Å². The molecule has 2 heterocycles. The van der Waals surface area contributed by atoms with Crippen LogP contribution in [-0.2, 0) is 9.59 Å². The van der Waals surface area contributed by atoms with Crippen molar-refractivity contribution >= 4 is 35.1 Å². The Bertz CT molecular complexity index is 1510. The van der Waals surface area contributed by atoms with Crippen molar-refractivity contribution in [1.82, 2.24) is 15.2 Å². The number of hydrogen-bond donors (Lipinski definition) is 3. The van der Waals surface area contributed by atoms with Crippen LogP contribution in [0.4, 0.5) is 15.8 Å². The second-order valence-electron chi connectivity index (χ2n) is 11.2. The molecule has 1 aliphatic carbocycles. The minimum Gasteiger partial charge on any atom is -0.481 e. The molecular weight excluding hydrogens is 553 g/mol. The van der Waals surface area contributed by atoms with E-state index in [0.717, 1.165) is 18.5 Å². The molecule has 2 aliphatic rings. The topological polar surface area (TPSA) is 132 Å². The number of rotatable bonds is 9. The highest BCUT2D eigenvalue weighted by Crippen LogP contribution is 2.35. The number of carbonyl (C=O) groups excluding carboxylic acids is 3. The molecular formula is C32H34FN5O5. The second-order valence-corrected chi connectivity index (χ2v) is 11.2. The number of carbonyl (C=O) groups is 4. The summed E-state index contributed by atoms with van der Waals surface area (Å²) in [5.74, 6) is -2.42. The van der Waals surface area contributed by atoms with Gasteiger partial charge in [0.25, 0.3) is 11.8 Å². The van der Waals surface area contributed by atoms with E-state index in [1.165, 1.54) is 24.3 Å². The molecule has 3 amide bonds. The first-order valence-corrected chi connectivity index (χ1v) is 14.3. The highest BCUT2D eigenvalue weighted by Gasteiger charge is 2.35. The molecule has 3 aromatic rings. The maximum atomic E-state index is 13.5. The van der Waals surface area contributed by atoms with E-state index in [4.69, 9.17) is 0 Å². The van der Waals surface area contributed by atoms with Gasteiger partial charge in [0.05, 0.1) is 29.4 Å². The van der Waals surface area contributed by atoms with Crippen molar-refractivity contribution in [3.05, 3.63) is 89.5 Å². The van der Waals surface area contributed by atoms with Crippen molar-refractivity contribution in [2.75, 3.05) is 23.3 Å². The summed E-state index contributed by atoms with van der Waals surface area (Å²) < 4.78 is 13.5. The lowest BCUT2D eigenvalue weighted by atomic mass is 10.0. The summed E-state index contributed by atoms with van der Waals surface area (Å²) in [6, 6.07) is 12.6. The fourth-order valence-electron chi connectivity index (χ4n) is 5.37. The van der Waals surface area contributed by atoms with Gasteiger partial charge in [-0.15, -0.1) is 0 Å². The van der Waals surface area contributed by atoms with Gasteiger partial charge in [-0.2, -0.15) is 0 Å². The van der Waals surface area contributed by atoms with Gasteiger partial charge in [0.15, 0.2) is 0 Å². The van der Waals surface area contributed by atoms with Gasteiger partial charge >= 0.3 is 5.97 Å². The summed E-state index contributed by atoms with van der Waals surface area (Å²) in [6.07, 6.45) is 4.39. The zero-order valence-electron chi connectivity index (χ0n) is 24.0. The number of hydrogen-bond acceptors (Lipinski definition) is 6. The van der Waals surface area contributed by atoms with E-state index in [1.807, 2.05) is 18.7 Å². The summed E-state index contributed by atoms with van der Waals surface area (Å²) in [7, 11) is 0. The Hall–Kier alpha value is -4.80. The molecule has 3 N–H and O–H groups in total. The van der Waals surface area contributed by atoms with E-state index in [2.05, 4.69) is 20.5 Å². The van der Waals surface area contributed by atoms with Crippen LogP contribution in [0, 0.1) is 11.7 Å². The molecule has 224 valence electrons. The van der Waals surface area contributed by atoms with E-state index in [9.17, 15) is 28.7 Å². The number of amides is 3. The predicted octanol–water partition coefficient (Wildman–Crippen LogP) is 4.25. The van der Waals surface area contributed by atoms with Gasteiger partial charge in [-0.1, -0.05) is 12.1 Å². The number of aliphatic carboxylic acids is 1. The lowest BCUT2D eigenvalue weighted by molar-refractivity contribution is -0.137. The zero-order chi connectivity index (χ0) is 30.7. The van der Waals surface area contributed by atoms with Gasteiger partial charge in [0.2, 0.25) is 5.91 Å². The molecule has 1 aliphatic heterocycles. The number of halogens is 1. The molecule has 3 atom stereocenters. The molecule has 5 rings (SSSR count). The number of carboxylic acid groups (broad SMARTS) is 1. The quantitative estimate of drug-likeness (QED) is 0.341. The van der Waals surface area contributed by atoms with Gasteiger partial charge in [0.1, 0.15) is 5.82 Å². The standard InChI is InChI=1S/C32H34FN5O5/c1-19-18-38(32(43)24-4-3-13-34-16-24)20(2)17-37(19)28-12-9-23(14-27(28)36-30(41)22-5-6-22)31(42)35-26(15-29(39)40)21-7-10-25(33)11-8-21/h3-4,7-14,16,19-20,22,26H,5-6,15,17-18H2,1-2H3,(H,35,42)(H,36,41)(H,39,40). The molecule has 2 fully saturated rings. The summed E-state index contributed by atoms with van der Waals surface area (Å²) >= 11 is 0. The Morgan fingerprint density at radius 1 is 1.00 bits per heavy atom. The summed E-state index contributed by atoms with van der Waals surface area (Å²) in [5.41, 5.74) is 2.40. The van der Waals surface area contributed by atoms with Gasteiger partial charge in [-0.05, 0) is 74.7 Å². The molecule has 10 nitrogen and oxygen atoms in total. The minimum atomic E-state index is -1.12. The van der Waals surface area contributed by atoms with E-state index in [0.29, 0.717) is 29.9 Å². The molecule has 0 spiro atoms. The van der Waals surface area contributed by atoms with Crippen LogP contribution < -0.4 is 15.5 Å². The number of anilines is 2. The molecule has 0 bridgehead atoms. The van der Waals surface area contributed by atoms with E-state index in [1.54, 1.807) is 42.7 Å². The molecule has 1 aromatic heterocycles. The van der Waals surface area contributed by atoms with Crippen LogP contribution in [0.15, 0.2) is 67.0 Å². The molecule has 0 radical (unpaired) electrons. The smallest absolute Gasteiger partial charge is 0.305 e. The Balaban J connectivity index is 1.39. The average molecular weight is 588 g/mol. The number of piperazine rings is 1. The van der Waals surface area contributed by atoms with Crippen LogP contribution in [0.3, 0.4) is 0 Å². The van der Waals surface area contributed by atoms with Crippen LogP contribution in [0.25, 0.3) is 0 Å². The van der Waals surface area contributed by atoms with Crippen molar-refractivity contribution < 1.29 is 28.7 Å². The van der Waals surface area contributed by atoms with Crippen molar-refractivity contribution in [1.29, 1.82) is 0 Å². The third-order valence-electron chi connectivity index (χ3n) is 7.89. The average Bonchev–Trinajstić information content (AvgIpc) is 3.84. The summed E-state index contributed by atoms with van der Waals surface area (Å²) in [6.45, 7) is 4.91. The number of benzene rings is 2. The van der Waals surface area contributed by atoms with Crippen LogP contribution >= 0.6 is 0 Å². The second kappa shape index (κ2) is 12.6. The van der Waals surface area contributed by atoms with Crippen LogP contribution in [0.2, 0.25) is 0 Å². The highest BCUT2D eigenvalue weighted by molar-refractivity contribution is 6.01. The van der Waals surface area contributed by atoms with E-state index >= 15 is 0 Å². The normalized spacial score (nSPS) is 19.0. The molecule has 43 heavy (non-hydrogen) atoms. The first kappa shape index (κ1) is 29.7. The zero-order valence-corrected chi connectivity index (χ0v) is 24.0. The lowest BCUT2D eigenvalue weighted by Gasteiger charge is -2.45. The molecule has 1 saturated heterocycles. The summed E-state index contributed by atoms with van der Waals surface area (Å²) in [5, 5.41) is 15.2. The number of carboxylic acids is 1. The molecule has 2 aromatic carbocycles. The largest absolute Gasteiger partial charge is 0.481 e. The maximum Gasteiger partial charge on any atom is 0.305 e. The SMILES string of the molecule is CC1CN(c2ccc(C(=O)NC(CC(=O)O)c3ccc(F)cc3)cc2NC(=O)C2CC2)C(C)CN1C(=O)c1cccnc1. The first-order valence-electron chi connectivity index (χ1n) is 14.3. The van der Waals surface area contributed by atoms with Gasteiger partial charge in [-0.3, -0.25) is 24.2 Å². The highest BCUT2D eigenvalue weighted by atomic mass is 19.1. The van der Waals surface area contributed by atoms with Crippen LogP contribution in [0.5, 0.6) is 0 Å². The maximum absolute atomic E-state index is 13.5. The Labute approximate surface area is 248 Å². The number of nitrogens with one attached hydrogen (secondary N) is 2. The molecule has 1 saturated carbocycles. The third kappa shape index (κ3) is 6.99. The number of nitrogens with zero attached hydrogens (tertiary/aromatic N) is 3. The van der Waals surface area contributed by atoms with Gasteiger partial charge in [0, 0.05) is 49.0 Å². The Morgan fingerprint density at radius 3 is 2.40 bits per heavy atom. The lowest BCUT2D eigenvalue weighted by Crippen LogP contribution is -2.58. The molecule has 11 heteroatoms.